The van der Waals surface area contributed by atoms with Crippen LogP contribution in [-0.2, 0) is 0 Å². The van der Waals surface area contributed by atoms with Crippen LogP contribution in [0.15, 0.2) is 60.7 Å². The van der Waals surface area contributed by atoms with Gasteiger partial charge in [0.25, 0.3) is 0 Å². The van der Waals surface area contributed by atoms with Gasteiger partial charge in [-0.05, 0) is 72.1 Å². The number of halogens is 3. The third-order valence-electron chi connectivity index (χ3n) is 7.88. The summed E-state index contributed by atoms with van der Waals surface area (Å²) in [6.45, 7) is 4.72. The molecule has 1 aliphatic rings. The highest BCUT2D eigenvalue weighted by molar-refractivity contribution is 5.74. The first-order valence-electron chi connectivity index (χ1n) is 14.7. The molecule has 1 atom stereocenters. The van der Waals surface area contributed by atoms with Gasteiger partial charge in [-0.1, -0.05) is 101 Å². The topological polar surface area (TPSA) is 9.23 Å². The van der Waals surface area contributed by atoms with Crippen LogP contribution in [0, 0.1) is 23.4 Å². The molecule has 1 aliphatic carbocycles. The van der Waals surface area contributed by atoms with Crippen LogP contribution in [0.3, 0.4) is 0 Å². The maximum absolute atomic E-state index is 15.2. The van der Waals surface area contributed by atoms with Crippen molar-refractivity contribution in [1.29, 1.82) is 0 Å². The van der Waals surface area contributed by atoms with Gasteiger partial charge in [-0.15, -0.1) is 0 Å². The highest BCUT2D eigenvalue weighted by Crippen LogP contribution is 2.36. The lowest BCUT2D eigenvalue weighted by molar-refractivity contribution is 0.285. The number of benzene rings is 3. The highest BCUT2D eigenvalue weighted by atomic mass is 19.2. The molecule has 1 nitrogen and oxygen atoms in total. The Bertz CT molecular complexity index is 1250. The average Bonchev–Trinajstić information content (AvgIpc) is 2.96. The van der Waals surface area contributed by atoms with Crippen molar-refractivity contribution in [1.82, 2.24) is 0 Å². The van der Waals surface area contributed by atoms with Crippen LogP contribution < -0.4 is 4.74 Å². The summed E-state index contributed by atoms with van der Waals surface area (Å²) in [4.78, 5) is 0. The van der Waals surface area contributed by atoms with Crippen LogP contribution in [0.25, 0.3) is 27.8 Å². The summed E-state index contributed by atoms with van der Waals surface area (Å²) in [6.07, 6.45) is 14.4. The van der Waals surface area contributed by atoms with Crippen LogP contribution >= 0.6 is 0 Å². The van der Waals surface area contributed by atoms with E-state index in [-0.39, 0.29) is 17.1 Å². The Hall–Kier alpha value is -3.01. The molecule has 3 aromatic carbocycles. The van der Waals surface area contributed by atoms with Crippen LogP contribution in [0.5, 0.6) is 5.75 Å². The van der Waals surface area contributed by atoms with Gasteiger partial charge < -0.3 is 4.74 Å². The minimum absolute atomic E-state index is 0.0555. The van der Waals surface area contributed by atoms with Crippen LogP contribution in [0.4, 0.5) is 13.2 Å². The summed E-state index contributed by atoms with van der Waals surface area (Å²) in [5.74, 6) is -1.43. The van der Waals surface area contributed by atoms with Gasteiger partial charge in [0.05, 0.1) is 6.61 Å². The molecule has 0 aliphatic heterocycles. The summed E-state index contributed by atoms with van der Waals surface area (Å²) in [7, 11) is 0. The maximum Gasteiger partial charge on any atom is 0.201 e. The summed E-state index contributed by atoms with van der Waals surface area (Å²) in [6, 6.07) is 15.6. The molecule has 0 heterocycles. The highest BCUT2D eigenvalue weighted by Gasteiger charge is 2.19. The number of ether oxygens (including phenoxy) is 1. The second kappa shape index (κ2) is 14.4. The monoisotopic (exact) mass is 534 g/mol. The predicted molar refractivity (Wildman–Crippen MR) is 156 cm³/mol. The molecule has 1 unspecified atom stereocenters. The van der Waals surface area contributed by atoms with E-state index in [1.807, 2.05) is 24.3 Å². The molecule has 0 radical (unpaired) electrons. The first-order chi connectivity index (χ1) is 19.0. The van der Waals surface area contributed by atoms with E-state index in [0.717, 1.165) is 67.6 Å². The molecular weight excluding hydrogens is 493 g/mol. The van der Waals surface area contributed by atoms with Crippen molar-refractivity contribution in [3.05, 3.63) is 83.7 Å². The van der Waals surface area contributed by atoms with E-state index in [1.165, 1.54) is 31.7 Å². The van der Waals surface area contributed by atoms with E-state index in [4.69, 9.17) is 4.74 Å². The van der Waals surface area contributed by atoms with Crippen LogP contribution in [0.1, 0.15) is 90.0 Å². The van der Waals surface area contributed by atoms with E-state index in [1.54, 1.807) is 24.3 Å². The third-order valence-corrected chi connectivity index (χ3v) is 7.88. The van der Waals surface area contributed by atoms with Crippen molar-refractivity contribution in [2.75, 3.05) is 6.61 Å². The molecule has 39 heavy (non-hydrogen) atoms. The maximum atomic E-state index is 15.2. The Morgan fingerprint density at radius 2 is 1.41 bits per heavy atom. The zero-order chi connectivity index (χ0) is 27.6. The van der Waals surface area contributed by atoms with Crippen molar-refractivity contribution < 1.29 is 17.9 Å². The first kappa shape index (κ1) is 29.0. The molecule has 0 bridgehead atoms. The summed E-state index contributed by atoms with van der Waals surface area (Å²) < 4.78 is 50.1. The van der Waals surface area contributed by atoms with Gasteiger partial charge in [0.2, 0.25) is 5.82 Å². The fraction of sp³-hybridized carbons (Fsp3) is 0.429. The van der Waals surface area contributed by atoms with E-state index in [0.29, 0.717) is 17.7 Å². The molecule has 0 saturated heterocycles. The number of hydrogen-bond acceptors (Lipinski definition) is 1. The Morgan fingerprint density at radius 3 is 2.10 bits per heavy atom. The lowest BCUT2D eigenvalue weighted by Crippen LogP contribution is -2.06. The van der Waals surface area contributed by atoms with Gasteiger partial charge >= 0.3 is 0 Å². The molecule has 0 amide bonds. The molecule has 0 fully saturated rings. The molecule has 0 spiro atoms. The van der Waals surface area contributed by atoms with Gasteiger partial charge in [0.15, 0.2) is 11.6 Å². The van der Waals surface area contributed by atoms with Gasteiger partial charge in [-0.25, -0.2) is 8.78 Å². The fourth-order valence-corrected chi connectivity index (χ4v) is 5.45. The van der Waals surface area contributed by atoms with Crippen molar-refractivity contribution in [3.63, 3.8) is 0 Å². The summed E-state index contributed by atoms with van der Waals surface area (Å²) in [5.41, 5.74) is 4.11. The zero-order valence-electron chi connectivity index (χ0n) is 23.4. The first-order valence-corrected chi connectivity index (χ1v) is 14.7. The van der Waals surface area contributed by atoms with Crippen LogP contribution in [0.2, 0.25) is 0 Å². The van der Waals surface area contributed by atoms with Gasteiger partial charge in [-0.2, -0.15) is 4.39 Å². The SMILES string of the molecule is CCCCCCOc1ccc(-c2ccc(-c3ccc(C4=CCC(CCCCC)CC4)c(F)c3)cc2)c(F)c1F. The van der Waals surface area contributed by atoms with Crippen molar-refractivity contribution in [3.8, 4) is 28.0 Å². The quantitative estimate of drug-likeness (QED) is 0.198. The molecule has 208 valence electrons. The number of rotatable bonds is 13. The predicted octanol–water partition coefficient (Wildman–Crippen LogP) is 11.2. The van der Waals surface area contributed by atoms with Crippen LogP contribution in [-0.4, -0.2) is 6.61 Å². The van der Waals surface area contributed by atoms with Gasteiger partial charge in [0.1, 0.15) is 5.82 Å². The Kier molecular flexibility index (Phi) is 10.7. The molecule has 4 heteroatoms. The lowest BCUT2D eigenvalue weighted by atomic mass is 9.83. The second-order valence-electron chi connectivity index (χ2n) is 10.8. The van der Waals surface area contributed by atoms with E-state index in [9.17, 15) is 8.78 Å². The molecule has 0 N–H and O–H groups in total. The molecule has 4 rings (SSSR count). The molecule has 0 saturated carbocycles. The Balaban J connectivity index is 1.42. The van der Waals surface area contributed by atoms with Crippen molar-refractivity contribution >= 4 is 5.57 Å². The molecular formula is C35H41F3O. The fourth-order valence-electron chi connectivity index (χ4n) is 5.45. The van der Waals surface area contributed by atoms with Crippen molar-refractivity contribution in [2.24, 2.45) is 5.92 Å². The smallest absolute Gasteiger partial charge is 0.201 e. The van der Waals surface area contributed by atoms with E-state index >= 15 is 4.39 Å². The van der Waals surface area contributed by atoms with E-state index < -0.39 is 11.6 Å². The second-order valence-corrected chi connectivity index (χ2v) is 10.8. The Labute approximate surface area is 232 Å². The summed E-state index contributed by atoms with van der Waals surface area (Å²) >= 11 is 0. The minimum atomic E-state index is -0.964. The van der Waals surface area contributed by atoms with E-state index in [2.05, 4.69) is 19.9 Å². The normalized spacial score (nSPS) is 15.3. The largest absolute Gasteiger partial charge is 0.490 e. The standard InChI is InChI=1S/C35H41F3O/c1-3-5-7-9-23-39-33-22-21-31(34(37)35(33)38)28-17-15-26(16-18-28)29-19-20-30(32(36)24-29)27-13-11-25(12-14-27)10-8-6-4-2/h13,15-22,24-25H,3-12,14,23H2,1-2H3. The summed E-state index contributed by atoms with van der Waals surface area (Å²) in [5, 5.41) is 0. The number of unbranched alkanes of at least 4 members (excludes halogenated alkanes) is 5. The lowest BCUT2D eigenvalue weighted by Gasteiger charge is -2.22. The third kappa shape index (κ3) is 7.56. The molecule has 3 aromatic rings. The number of hydrogen-bond donors (Lipinski definition) is 0. The minimum Gasteiger partial charge on any atom is -0.490 e. The zero-order valence-corrected chi connectivity index (χ0v) is 23.4. The van der Waals surface area contributed by atoms with Gasteiger partial charge in [-0.3, -0.25) is 0 Å². The number of allylic oxidation sites excluding steroid dienone is 2. The van der Waals surface area contributed by atoms with Crippen molar-refractivity contribution in [2.45, 2.75) is 84.5 Å². The Morgan fingerprint density at radius 1 is 0.718 bits per heavy atom. The molecule has 0 aromatic heterocycles. The average molecular weight is 535 g/mol. The van der Waals surface area contributed by atoms with Gasteiger partial charge in [0, 0.05) is 11.1 Å².